The number of carbonyl (C=O) groups excluding carboxylic acids is 1. The minimum Gasteiger partial charge on any atom is -0.444 e. The van der Waals surface area contributed by atoms with Crippen molar-refractivity contribution in [2.75, 3.05) is 6.54 Å². The van der Waals surface area contributed by atoms with Crippen molar-refractivity contribution in [2.45, 2.75) is 39.0 Å². The average Bonchev–Trinajstić information content (AvgIpc) is 2.56. The van der Waals surface area contributed by atoms with Crippen LogP contribution >= 0.6 is 11.6 Å². The van der Waals surface area contributed by atoms with Gasteiger partial charge in [-0.1, -0.05) is 11.6 Å². The summed E-state index contributed by atoms with van der Waals surface area (Å²) >= 11 is 5.92. The van der Waals surface area contributed by atoms with Crippen LogP contribution in [0.5, 0.6) is 0 Å². The monoisotopic (exact) mass is 302 g/mol. The van der Waals surface area contributed by atoms with Gasteiger partial charge in [0, 0.05) is 13.0 Å². The Labute approximate surface area is 120 Å². The molecule has 2 rings (SSSR count). The van der Waals surface area contributed by atoms with E-state index in [2.05, 4.69) is 5.10 Å². The third-order valence-corrected chi connectivity index (χ3v) is 3.04. The average molecular weight is 303 g/mol. The summed E-state index contributed by atoms with van der Waals surface area (Å²) in [5.41, 5.74) is -0.600. The van der Waals surface area contributed by atoms with E-state index in [9.17, 15) is 14.9 Å². The number of carbonyl (C=O) groups is 1. The summed E-state index contributed by atoms with van der Waals surface area (Å²) in [7, 11) is 0. The lowest BCUT2D eigenvalue weighted by atomic mass is 10.1. The van der Waals surface area contributed by atoms with Gasteiger partial charge in [-0.15, -0.1) is 4.68 Å². The van der Waals surface area contributed by atoms with Gasteiger partial charge >= 0.3 is 11.9 Å². The number of hydrogen-bond acceptors (Lipinski definition) is 5. The van der Waals surface area contributed by atoms with E-state index in [4.69, 9.17) is 16.3 Å². The van der Waals surface area contributed by atoms with E-state index in [1.807, 2.05) is 0 Å². The van der Waals surface area contributed by atoms with Crippen LogP contribution in [0.15, 0.2) is 6.07 Å². The van der Waals surface area contributed by atoms with Crippen molar-refractivity contribution in [3.8, 4) is 0 Å². The smallest absolute Gasteiger partial charge is 0.412 e. The summed E-state index contributed by atoms with van der Waals surface area (Å²) in [6.45, 7) is 5.81. The normalized spacial score (nSPS) is 18.6. The van der Waals surface area contributed by atoms with Crippen molar-refractivity contribution in [1.29, 1.82) is 0 Å². The molecular formula is C11H15ClN4O4. The molecule has 0 N–H and O–H groups in total. The number of halogens is 1. The maximum absolute atomic E-state index is 12.0. The van der Waals surface area contributed by atoms with E-state index < -0.39 is 22.8 Å². The molecule has 0 saturated carbocycles. The quantitative estimate of drug-likeness (QED) is 0.618. The zero-order chi connectivity index (χ0) is 15.1. The van der Waals surface area contributed by atoms with Gasteiger partial charge in [0.05, 0.1) is 11.2 Å². The van der Waals surface area contributed by atoms with Gasteiger partial charge in [0.1, 0.15) is 5.60 Å². The summed E-state index contributed by atoms with van der Waals surface area (Å²) in [5, 5.41) is 14.6. The van der Waals surface area contributed by atoms with Crippen LogP contribution in [0.25, 0.3) is 0 Å². The SMILES string of the molecule is CC(C)(C)OC(=O)N1CCC1n1nc([N+](=O)[O-])cc1Cl. The minimum atomic E-state index is -0.626. The summed E-state index contributed by atoms with van der Waals surface area (Å²) in [6.07, 6.45) is -0.299. The molecule has 0 aromatic carbocycles. The van der Waals surface area contributed by atoms with E-state index in [0.717, 1.165) is 6.07 Å². The zero-order valence-electron chi connectivity index (χ0n) is 11.4. The Bertz CT molecular complexity index is 551. The number of hydrogen-bond donors (Lipinski definition) is 0. The van der Waals surface area contributed by atoms with E-state index in [1.165, 1.54) is 9.58 Å². The first-order valence-corrected chi connectivity index (χ1v) is 6.46. The van der Waals surface area contributed by atoms with E-state index >= 15 is 0 Å². The van der Waals surface area contributed by atoms with Crippen LogP contribution in [-0.2, 0) is 4.74 Å². The molecule has 1 saturated heterocycles. The predicted octanol–water partition coefficient (Wildman–Crippen LogP) is 2.58. The van der Waals surface area contributed by atoms with E-state index in [-0.39, 0.29) is 11.0 Å². The molecule has 20 heavy (non-hydrogen) atoms. The second kappa shape index (κ2) is 4.93. The lowest BCUT2D eigenvalue weighted by molar-refractivity contribution is -0.390. The number of likely N-dealkylation sites (tertiary alicyclic amines) is 1. The van der Waals surface area contributed by atoms with Gasteiger partial charge < -0.3 is 14.9 Å². The van der Waals surface area contributed by atoms with Crippen molar-refractivity contribution in [1.82, 2.24) is 14.7 Å². The van der Waals surface area contributed by atoms with Crippen molar-refractivity contribution in [3.05, 3.63) is 21.3 Å². The molecule has 0 radical (unpaired) electrons. The van der Waals surface area contributed by atoms with E-state index in [1.54, 1.807) is 20.8 Å². The molecule has 0 aliphatic carbocycles. The number of nitro groups is 1. The summed E-state index contributed by atoms with van der Waals surface area (Å²) < 4.78 is 6.53. The molecule has 1 aliphatic rings. The molecule has 1 amide bonds. The molecule has 2 heterocycles. The van der Waals surface area contributed by atoms with Gasteiger partial charge in [-0.2, -0.15) is 0 Å². The highest BCUT2D eigenvalue weighted by Gasteiger charge is 2.40. The Kier molecular flexibility index (Phi) is 3.59. The van der Waals surface area contributed by atoms with Crippen LogP contribution in [0.2, 0.25) is 5.15 Å². The van der Waals surface area contributed by atoms with Crippen molar-refractivity contribution >= 4 is 23.5 Å². The van der Waals surface area contributed by atoms with Crippen LogP contribution in [-0.4, -0.2) is 37.8 Å². The molecule has 110 valence electrons. The molecule has 1 aromatic rings. The predicted molar refractivity (Wildman–Crippen MR) is 70.5 cm³/mol. The number of ether oxygens (including phenoxy) is 1. The van der Waals surface area contributed by atoms with Gasteiger partial charge in [0.15, 0.2) is 11.3 Å². The lowest BCUT2D eigenvalue weighted by Gasteiger charge is -2.39. The van der Waals surface area contributed by atoms with Crippen molar-refractivity contribution < 1.29 is 14.5 Å². The molecule has 0 spiro atoms. The maximum atomic E-state index is 12.0. The van der Waals surface area contributed by atoms with Crippen molar-refractivity contribution in [2.24, 2.45) is 0 Å². The Morgan fingerprint density at radius 2 is 2.25 bits per heavy atom. The Balaban J connectivity index is 2.14. The van der Waals surface area contributed by atoms with Gasteiger partial charge in [-0.3, -0.25) is 4.90 Å². The van der Waals surface area contributed by atoms with Crippen LogP contribution < -0.4 is 0 Å². The number of rotatable bonds is 2. The summed E-state index contributed by atoms with van der Waals surface area (Å²) in [6, 6.07) is 1.16. The zero-order valence-corrected chi connectivity index (χ0v) is 12.1. The minimum absolute atomic E-state index is 0.120. The topological polar surface area (TPSA) is 90.5 Å². The summed E-state index contributed by atoms with van der Waals surface area (Å²) in [4.78, 5) is 23.4. The highest BCUT2D eigenvalue weighted by atomic mass is 35.5. The highest BCUT2D eigenvalue weighted by molar-refractivity contribution is 6.29. The van der Waals surface area contributed by atoms with Crippen LogP contribution in [0, 0.1) is 10.1 Å². The lowest BCUT2D eigenvalue weighted by Crippen LogP contribution is -2.50. The molecule has 1 fully saturated rings. The van der Waals surface area contributed by atoms with Crippen LogP contribution in [0.3, 0.4) is 0 Å². The number of nitrogens with zero attached hydrogens (tertiary/aromatic N) is 4. The molecule has 1 unspecified atom stereocenters. The highest BCUT2D eigenvalue weighted by Crippen LogP contribution is 2.33. The number of amides is 1. The maximum Gasteiger partial charge on any atom is 0.412 e. The second-order valence-corrected chi connectivity index (χ2v) is 5.86. The van der Waals surface area contributed by atoms with Gasteiger partial charge in [-0.25, -0.2) is 4.79 Å². The first-order valence-electron chi connectivity index (χ1n) is 6.08. The molecule has 9 heteroatoms. The Hall–Kier alpha value is -1.83. The largest absolute Gasteiger partial charge is 0.444 e. The van der Waals surface area contributed by atoms with E-state index in [0.29, 0.717) is 13.0 Å². The third-order valence-electron chi connectivity index (χ3n) is 2.76. The first-order chi connectivity index (χ1) is 9.19. The van der Waals surface area contributed by atoms with Crippen LogP contribution in [0.4, 0.5) is 10.6 Å². The Morgan fingerprint density at radius 3 is 2.65 bits per heavy atom. The van der Waals surface area contributed by atoms with Crippen molar-refractivity contribution in [3.63, 3.8) is 0 Å². The number of aromatic nitrogens is 2. The first kappa shape index (κ1) is 14.6. The second-order valence-electron chi connectivity index (χ2n) is 5.47. The summed E-state index contributed by atoms with van der Waals surface area (Å²) in [5.74, 6) is -0.342. The van der Waals surface area contributed by atoms with Gasteiger partial charge in [0.25, 0.3) is 0 Å². The third kappa shape index (κ3) is 2.84. The fourth-order valence-corrected chi connectivity index (χ4v) is 2.07. The standard InChI is InChI=1S/C11H15ClN4O4/c1-11(2,3)20-10(17)14-5-4-9(14)15-7(12)6-8(13-15)16(18)19/h6,9H,4-5H2,1-3H3. The fraction of sp³-hybridized carbons (Fsp3) is 0.636. The van der Waals surface area contributed by atoms with Gasteiger partial charge in [-0.05, 0) is 25.7 Å². The molecule has 8 nitrogen and oxygen atoms in total. The Morgan fingerprint density at radius 1 is 1.60 bits per heavy atom. The molecule has 1 aliphatic heterocycles. The van der Waals surface area contributed by atoms with Gasteiger partial charge in [0.2, 0.25) is 0 Å². The van der Waals surface area contributed by atoms with Crippen LogP contribution in [0.1, 0.15) is 33.4 Å². The molecule has 1 atom stereocenters. The fourth-order valence-electron chi connectivity index (χ4n) is 1.82. The molecular weight excluding hydrogens is 288 g/mol. The molecule has 1 aromatic heterocycles. The molecule has 0 bridgehead atoms.